The molecule has 0 spiro atoms. The lowest BCUT2D eigenvalue weighted by Gasteiger charge is -2.21. The highest BCUT2D eigenvalue weighted by Gasteiger charge is 2.30. The summed E-state index contributed by atoms with van der Waals surface area (Å²) in [5.41, 5.74) is 0. The summed E-state index contributed by atoms with van der Waals surface area (Å²) in [6.07, 6.45) is 71.4. The first-order chi connectivity index (χ1) is 51.4. The first kappa shape index (κ1) is 104. The van der Waals surface area contributed by atoms with Crippen LogP contribution in [-0.4, -0.2) is 96.7 Å². The monoisotopic (exact) mass is 1550 g/mol. The van der Waals surface area contributed by atoms with E-state index >= 15 is 0 Å². The maximum absolute atomic E-state index is 13.1. The van der Waals surface area contributed by atoms with Crippen LogP contribution < -0.4 is 0 Å². The zero-order valence-corrected chi connectivity index (χ0v) is 71.5. The lowest BCUT2D eigenvalue weighted by atomic mass is 9.99. The van der Waals surface area contributed by atoms with E-state index in [9.17, 15) is 43.2 Å². The maximum atomic E-state index is 13.1. The van der Waals surface area contributed by atoms with Crippen molar-refractivity contribution in [1.82, 2.24) is 0 Å². The summed E-state index contributed by atoms with van der Waals surface area (Å²) in [4.78, 5) is 72.9. The van der Waals surface area contributed by atoms with E-state index in [2.05, 4.69) is 41.5 Å². The zero-order chi connectivity index (χ0) is 77.8. The van der Waals surface area contributed by atoms with E-state index in [0.29, 0.717) is 25.7 Å². The van der Waals surface area contributed by atoms with Gasteiger partial charge in [-0.1, -0.05) is 414 Å². The second kappa shape index (κ2) is 78.3. The Morgan fingerprint density at radius 2 is 0.481 bits per heavy atom. The molecular weight excluding hydrogens is 1380 g/mol. The molecule has 19 heteroatoms. The molecule has 0 saturated carbocycles. The van der Waals surface area contributed by atoms with Crippen LogP contribution >= 0.6 is 15.6 Å². The molecule has 0 fully saturated rings. The van der Waals surface area contributed by atoms with Gasteiger partial charge in [0.25, 0.3) is 0 Å². The van der Waals surface area contributed by atoms with E-state index in [1.807, 2.05) is 0 Å². The summed E-state index contributed by atoms with van der Waals surface area (Å²) < 4.78 is 68.7. The van der Waals surface area contributed by atoms with Crippen molar-refractivity contribution in [3.8, 4) is 0 Å². The summed E-state index contributed by atoms with van der Waals surface area (Å²) in [6.45, 7) is 9.67. The fourth-order valence-corrected chi connectivity index (χ4v) is 15.1. The number of aliphatic hydroxyl groups is 1. The lowest BCUT2D eigenvalue weighted by Crippen LogP contribution is -2.30. The summed E-state index contributed by atoms with van der Waals surface area (Å²) in [7, 11) is -9.92. The van der Waals surface area contributed by atoms with Crippen molar-refractivity contribution in [2.24, 2.45) is 11.8 Å². The SMILES string of the molecule is CCCCCCCCCCCCCCCCCCCCCCCC(=O)OC[C@H](COP(=O)(O)OC[C@@H](O)COP(=O)(O)OC[C@@H](COC(=O)CCCCCCC)OC(=O)CCCCCCCCCCCCCCCCCC(C)C)OC(=O)CCCCCCCCCCCCCCCCCCCCC(C)CC. The molecule has 0 aliphatic carbocycles. The highest BCUT2D eigenvalue weighted by atomic mass is 31.2. The van der Waals surface area contributed by atoms with Crippen molar-refractivity contribution in [3.63, 3.8) is 0 Å². The third-order valence-electron chi connectivity index (χ3n) is 20.8. The molecule has 0 aromatic carbocycles. The van der Waals surface area contributed by atoms with Crippen LogP contribution in [0.15, 0.2) is 0 Å². The molecule has 0 aliphatic heterocycles. The van der Waals surface area contributed by atoms with E-state index in [1.165, 1.54) is 276 Å². The zero-order valence-electron chi connectivity index (χ0n) is 69.7. The van der Waals surface area contributed by atoms with E-state index in [0.717, 1.165) is 108 Å². The minimum atomic E-state index is -4.96. The van der Waals surface area contributed by atoms with Crippen molar-refractivity contribution in [2.75, 3.05) is 39.6 Å². The number of phosphoric acid groups is 2. The second-order valence-corrected chi connectivity index (χ2v) is 34.9. The van der Waals surface area contributed by atoms with Gasteiger partial charge in [0.05, 0.1) is 26.4 Å². The predicted molar refractivity (Wildman–Crippen MR) is 437 cm³/mol. The number of aliphatic hydroxyl groups excluding tert-OH is 1. The molecule has 0 amide bonds. The number of phosphoric ester groups is 2. The molecule has 3 unspecified atom stereocenters. The Labute approximate surface area is 651 Å². The average Bonchev–Trinajstić information content (AvgIpc) is 0.904. The molecule has 0 heterocycles. The number of unbranched alkanes of at least 4 members (excludes halogenated alkanes) is 55. The van der Waals surface area contributed by atoms with E-state index in [1.54, 1.807) is 0 Å². The van der Waals surface area contributed by atoms with Gasteiger partial charge in [-0.3, -0.25) is 37.3 Å². The summed E-state index contributed by atoms with van der Waals surface area (Å²) in [5.74, 6) is -0.440. The largest absolute Gasteiger partial charge is 0.472 e. The number of carbonyl (C=O) groups excluding carboxylic acids is 4. The number of hydrogen-bond donors (Lipinski definition) is 3. The van der Waals surface area contributed by atoms with Crippen LogP contribution in [0.5, 0.6) is 0 Å². The maximum Gasteiger partial charge on any atom is 0.472 e. The van der Waals surface area contributed by atoms with Crippen LogP contribution in [-0.2, 0) is 65.4 Å². The highest BCUT2D eigenvalue weighted by molar-refractivity contribution is 7.47. The number of hydrogen-bond acceptors (Lipinski definition) is 15. The smallest absolute Gasteiger partial charge is 0.462 e. The van der Waals surface area contributed by atoms with E-state index in [4.69, 9.17) is 37.0 Å². The summed E-state index contributed by atoms with van der Waals surface area (Å²) in [6, 6.07) is 0. The Morgan fingerprint density at radius 3 is 0.717 bits per heavy atom. The van der Waals surface area contributed by atoms with Gasteiger partial charge in [-0.25, -0.2) is 9.13 Å². The fourth-order valence-electron chi connectivity index (χ4n) is 13.6. The van der Waals surface area contributed by atoms with Gasteiger partial charge < -0.3 is 33.8 Å². The minimum Gasteiger partial charge on any atom is -0.462 e. The van der Waals surface area contributed by atoms with Crippen molar-refractivity contribution >= 4 is 39.5 Å². The molecule has 0 bridgehead atoms. The molecular formula is C87H170O17P2. The Hall–Kier alpha value is -1.94. The quantitative estimate of drug-likeness (QED) is 0.0222. The second-order valence-electron chi connectivity index (χ2n) is 32.0. The number of rotatable bonds is 86. The molecule has 630 valence electrons. The third kappa shape index (κ3) is 78.7. The standard InChI is InChI=1S/C87H170O17P2/c1-7-10-12-14-15-16-17-18-19-20-21-22-23-27-32-37-42-47-52-58-64-70-85(90)98-76-83(104-87(92)72-66-59-53-48-43-38-33-28-25-24-26-31-36-41-46-51-57-62-68-80(6)9-3)78-102-106(95,96)100-74-81(88)73-99-105(93,94)101-77-82(75-97-84(89)69-63-55-13-11-8-2)103-86(91)71-65-60-54-49-44-39-34-29-30-35-40-45-50-56-61-67-79(4)5/h79-83,88H,7-78H2,1-6H3,(H,93,94)(H,95,96)/t80?,81-,82+,83+/m0/s1. The molecule has 0 aromatic heterocycles. The number of carbonyl (C=O) groups is 4. The number of esters is 4. The van der Waals surface area contributed by atoms with Crippen LogP contribution in [0.4, 0.5) is 0 Å². The Morgan fingerprint density at radius 1 is 0.274 bits per heavy atom. The Balaban J connectivity index is 5.10. The average molecular weight is 1550 g/mol. The highest BCUT2D eigenvalue weighted by Crippen LogP contribution is 2.45. The van der Waals surface area contributed by atoms with Gasteiger partial charge in [0.15, 0.2) is 12.2 Å². The third-order valence-corrected chi connectivity index (χ3v) is 22.7. The van der Waals surface area contributed by atoms with Crippen LogP contribution in [0.1, 0.15) is 465 Å². The van der Waals surface area contributed by atoms with Crippen LogP contribution in [0.2, 0.25) is 0 Å². The predicted octanol–water partition coefficient (Wildman–Crippen LogP) is 26.6. The molecule has 3 N–H and O–H groups in total. The van der Waals surface area contributed by atoms with Gasteiger partial charge in [0.2, 0.25) is 0 Å². The van der Waals surface area contributed by atoms with E-state index < -0.39 is 97.5 Å². The van der Waals surface area contributed by atoms with Gasteiger partial charge in [-0.2, -0.15) is 0 Å². The summed E-state index contributed by atoms with van der Waals surface area (Å²) >= 11 is 0. The van der Waals surface area contributed by atoms with Gasteiger partial charge in [0.1, 0.15) is 19.3 Å². The van der Waals surface area contributed by atoms with Gasteiger partial charge in [-0.15, -0.1) is 0 Å². The first-order valence-corrected chi connectivity index (χ1v) is 48.0. The normalized spacial score (nSPS) is 14.1. The molecule has 17 nitrogen and oxygen atoms in total. The van der Waals surface area contributed by atoms with Crippen molar-refractivity contribution in [2.45, 2.75) is 484 Å². The topological polar surface area (TPSA) is 237 Å². The molecule has 0 aliphatic rings. The van der Waals surface area contributed by atoms with Gasteiger partial charge in [0, 0.05) is 25.7 Å². The van der Waals surface area contributed by atoms with Crippen molar-refractivity contribution < 1.29 is 80.2 Å². The summed E-state index contributed by atoms with van der Waals surface area (Å²) in [5, 5.41) is 10.6. The van der Waals surface area contributed by atoms with Crippen LogP contribution in [0, 0.1) is 11.8 Å². The Kier molecular flexibility index (Phi) is 76.9. The van der Waals surface area contributed by atoms with Crippen molar-refractivity contribution in [3.05, 3.63) is 0 Å². The first-order valence-electron chi connectivity index (χ1n) is 45.0. The van der Waals surface area contributed by atoms with Crippen LogP contribution in [0.25, 0.3) is 0 Å². The molecule has 0 radical (unpaired) electrons. The molecule has 0 rings (SSSR count). The molecule has 0 aromatic rings. The molecule has 106 heavy (non-hydrogen) atoms. The van der Waals surface area contributed by atoms with Gasteiger partial charge >= 0.3 is 39.5 Å². The van der Waals surface area contributed by atoms with Gasteiger partial charge in [-0.05, 0) is 37.5 Å². The fraction of sp³-hybridized carbons (Fsp3) is 0.954. The number of ether oxygens (including phenoxy) is 4. The van der Waals surface area contributed by atoms with Crippen molar-refractivity contribution in [1.29, 1.82) is 0 Å². The minimum absolute atomic E-state index is 0.107. The molecule has 0 saturated heterocycles. The Bertz CT molecular complexity index is 2030. The lowest BCUT2D eigenvalue weighted by molar-refractivity contribution is -0.161. The van der Waals surface area contributed by atoms with Crippen LogP contribution in [0.3, 0.4) is 0 Å². The molecule has 6 atom stereocenters. The van der Waals surface area contributed by atoms with E-state index in [-0.39, 0.29) is 25.7 Å².